The van der Waals surface area contributed by atoms with Crippen LogP contribution in [0.15, 0.2) is 16.2 Å². The minimum atomic E-state index is 0.0205. The number of aryl methyl sites for hydroxylation is 1. The molecule has 0 amide bonds. The van der Waals surface area contributed by atoms with Crippen LogP contribution in [-0.4, -0.2) is 19.2 Å². The SMILES string of the molecule is CC(C)CCn1c(=O)c2sccc2n2c(=S)[nH]nc12. The summed E-state index contributed by atoms with van der Waals surface area (Å²) in [7, 11) is 0. The van der Waals surface area contributed by atoms with Crippen LogP contribution < -0.4 is 5.56 Å². The first-order chi connectivity index (χ1) is 9.09. The molecule has 0 atom stereocenters. The van der Waals surface area contributed by atoms with Gasteiger partial charge >= 0.3 is 0 Å². The van der Waals surface area contributed by atoms with Gasteiger partial charge in [0.25, 0.3) is 5.56 Å². The minimum Gasteiger partial charge on any atom is -0.276 e. The second kappa shape index (κ2) is 4.57. The molecule has 0 aliphatic carbocycles. The van der Waals surface area contributed by atoms with E-state index in [9.17, 15) is 4.79 Å². The lowest BCUT2D eigenvalue weighted by Crippen LogP contribution is -2.23. The number of aromatic amines is 1. The Morgan fingerprint density at radius 2 is 2.32 bits per heavy atom. The number of rotatable bonds is 3. The number of nitrogens with one attached hydrogen (secondary N) is 1. The molecule has 1 N–H and O–H groups in total. The zero-order valence-corrected chi connectivity index (χ0v) is 12.3. The van der Waals surface area contributed by atoms with Gasteiger partial charge in [0, 0.05) is 6.54 Å². The molecule has 0 unspecified atom stereocenters. The second-order valence-corrected chi connectivity index (χ2v) is 6.24. The molecule has 0 radical (unpaired) electrons. The summed E-state index contributed by atoms with van der Waals surface area (Å²) in [6.07, 6.45) is 0.937. The Labute approximate surface area is 118 Å². The van der Waals surface area contributed by atoms with Gasteiger partial charge in [0.1, 0.15) is 4.70 Å². The number of hydrogen-bond donors (Lipinski definition) is 1. The van der Waals surface area contributed by atoms with Crippen molar-refractivity contribution in [2.45, 2.75) is 26.8 Å². The van der Waals surface area contributed by atoms with Crippen LogP contribution >= 0.6 is 23.6 Å². The quantitative estimate of drug-likeness (QED) is 0.756. The maximum absolute atomic E-state index is 12.5. The maximum atomic E-state index is 12.5. The summed E-state index contributed by atoms with van der Waals surface area (Å²) in [5, 5.41) is 8.88. The van der Waals surface area contributed by atoms with Crippen LogP contribution in [-0.2, 0) is 6.54 Å². The summed E-state index contributed by atoms with van der Waals surface area (Å²) in [4.78, 5) is 12.5. The largest absolute Gasteiger partial charge is 0.276 e. The summed E-state index contributed by atoms with van der Waals surface area (Å²) < 4.78 is 4.80. The highest BCUT2D eigenvalue weighted by atomic mass is 32.1. The van der Waals surface area contributed by atoms with Crippen LogP contribution in [0, 0.1) is 10.7 Å². The Kier molecular flexibility index (Phi) is 3.02. The van der Waals surface area contributed by atoms with Crippen LogP contribution in [0.2, 0.25) is 0 Å². The van der Waals surface area contributed by atoms with Gasteiger partial charge in [-0.15, -0.1) is 16.4 Å². The molecular weight excluding hydrogens is 280 g/mol. The number of thiophene rings is 1. The molecule has 3 rings (SSSR count). The Bertz CT molecular complexity index is 852. The Hall–Kier alpha value is -1.47. The minimum absolute atomic E-state index is 0.0205. The number of H-pyrrole nitrogens is 1. The highest BCUT2D eigenvalue weighted by Gasteiger charge is 2.14. The number of aromatic nitrogens is 4. The van der Waals surface area contributed by atoms with Gasteiger partial charge in [0.05, 0.1) is 5.52 Å². The number of fused-ring (bicyclic) bond motifs is 3. The molecule has 19 heavy (non-hydrogen) atoms. The van der Waals surface area contributed by atoms with Gasteiger partial charge in [-0.25, -0.2) is 5.10 Å². The van der Waals surface area contributed by atoms with Gasteiger partial charge in [-0.05, 0) is 36.0 Å². The highest BCUT2D eigenvalue weighted by Crippen LogP contribution is 2.19. The molecule has 3 aromatic rings. The van der Waals surface area contributed by atoms with Gasteiger partial charge in [-0.1, -0.05) is 13.8 Å². The first-order valence-corrected chi connectivity index (χ1v) is 7.45. The third-order valence-electron chi connectivity index (χ3n) is 3.15. The molecule has 0 saturated carbocycles. The summed E-state index contributed by atoms with van der Waals surface area (Å²) in [5.41, 5.74) is 0.858. The maximum Gasteiger partial charge on any atom is 0.272 e. The van der Waals surface area contributed by atoms with Crippen molar-refractivity contribution in [3.05, 3.63) is 26.6 Å². The van der Waals surface area contributed by atoms with E-state index in [-0.39, 0.29) is 5.56 Å². The molecule has 0 saturated heterocycles. The lowest BCUT2D eigenvalue weighted by Gasteiger charge is -2.09. The Balaban J connectivity index is 2.37. The molecule has 5 nitrogen and oxygen atoms in total. The smallest absolute Gasteiger partial charge is 0.272 e. The fraction of sp³-hybridized carbons (Fsp3) is 0.417. The van der Waals surface area contributed by atoms with E-state index < -0.39 is 0 Å². The average Bonchev–Trinajstić information content (AvgIpc) is 2.95. The first-order valence-electron chi connectivity index (χ1n) is 6.16. The molecule has 0 fully saturated rings. The Morgan fingerprint density at radius 3 is 3.05 bits per heavy atom. The van der Waals surface area contributed by atoms with E-state index in [4.69, 9.17) is 12.2 Å². The lowest BCUT2D eigenvalue weighted by atomic mass is 10.1. The topological polar surface area (TPSA) is 55.1 Å². The molecule has 0 bridgehead atoms. The summed E-state index contributed by atoms with van der Waals surface area (Å²) >= 11 is 6.70. The molecule has 3 aromatic heterocycles. The highest BCUT2D eigenvalue weighted by molar-refractivity contribution is 7.71. The molecule has 7 heteroatoms. The fourth-order valence-corrected chi connectivity index (χ4v) is 3.18. The van der Waals surface area contributed by atoms with Gasteiger partial charge in [0.2, 0.25) is 10.5 Å². The van der Waals surface area contributed by atoms with E-state index in [1.54, 1.807) is 4.57 Å². The van der Waals surface area contributed by atoms with Crippen LogP contribution in [0.25, 0.3) is 16.0 Å². The summed E-state index contributed by atoms with van der Waals surface area (Å²) in [5.74, 6) is 1.13. The van der Waals surface area contributed by atoms with Crippen LogP contribution in [0.4, 0.5) is 0 Å². The zero-order valence-electron chi connectivity index (χ0n) is 10.7. The number of hydrogen-bond acceptors (Lipinski definition) is 4. The second-order valence-electron chi connectivity index (χ2n) is 4.94. The van der Waals surface area contributed by atoms with E-state index >= 15 is 0 Å². The van der Waals surface area contributed by atoms with E-state index in [1.165, 1.54) is 11.3 Å². The zero-order chi connectivity index (χ0) is 13.6. The molecule has 0 aliphatic rings. The third-order valence-corrected chi connectivity index (χ3v) is 4.32. The van der Waals surface area contributed by atoms with Crippen molar-refractivity contribution in [1.29, 1.82) is 0 Å². The van der Waals surface area contributed by atoms with Crippen molar-refractivity contribution in [2.75, 3.05) is 0 Å². The monoisotopic (exact) mass is 294 g/mol. The molecule has 100 valence electrons. The predicted octanol–water partition coefficient (Wildman–Crippen LogP) is 2.81. The van der Waals surface area contributed by atoms with Crippen molar-refractivity contribution in [3.63, 3.8) is 0 Å². The van der Waals surface area contributed by atoms with Crippen molar-refractivity contribution in [3.8, 4) is 0 Å². The van der Waals surface area contributed by atoms with E-state index in [0.29, 0.717) is 23.0 Å². The Morgan fingerprint density at radius 1 is 1.53 bits per heavy atom. The molecule has 3 heterocycles. The van der Waals surface area contributed by atoms with Crippen molar-refractivity contribution < 1.29 is 0 Å². The van der Waals surface area contributed by atoms with Crippen LogP contribution in [0.5, 0.6) is 0 Å². The van der Waals surface area contributed by atoms with E-state index in [1.807, 2.05) is 15.8 Å². The predicted molar refractivity (Wildman–Crippen MR) is 79.5 cm³/mol. The summed E-state index contributed by atoms with van der Waals surface area (Å²) in [6, 6.07) is 1.91. The molecule has 0 aromatic carbocycles. The lowest BCUT2D eigenvalue weighted by molar-refractivity contribution is 0.513. The van der Waals surface area contributed by atoms with Crippen molar-refractivity contribution >= 4 is 39.5 Å². The first kappa shape index (κ1) is 12.6. The normalized spacial score (nSPS) is 11.9. The molecular formula is C12H14N4OS2. The van der Waals surface area contributed by atoms with E-state index in [2.05, 4.69) is 24.0 Å². The number of nitrogens with zero attached hydrogens (tertiary/aromatic N) is 3. The van der Waals surface area contributed by atoms with Crippen LogP contribution in [0.3, 0.4) is 0 Å². The van der Waals surface area contributed by atoms with E-state index in [0.717, 1.165) is 16.6 Å². The van der Waals surface area contributed by atoms with Crippen LogP contribution in [0.1, 0.15) is 20.3 Å². The van der Waals surface area contributed by atoms with Gasteiger partial charge in [0.15, 0.2) is 0 Å². The summed E-state index contributed by atoms with van der Waals surface area (Å²) in [6.45, 7) is 4.94. The molecule has 0 aliphatic heterocycles. The average molecular weight is 294 g/mol. The van der Waals surface area contributed by atoms with Gasteiger partial charge < -0.3 is 0 Å². The van der Waals surface area contributed by atoms with Gasteiger partial charge in [-0.3, -0.25) is 13.8 Å². The standard InChI is InChI=1S/C12H14N4OS2/c1-7(2)3-5-15-10(17)9-8(4-6-19-9)16-11(15)13-14-12(16)18/h4,6-7H,3,5H2,1-2H3,(H,14,18). The third kappa shape index (κ3) is 1.93. The molecule has 0 spiro atoms. The van der Waals surface area contributed by atoms with Crippen molar-refractivity contribution in [1.82, 2.24) is 19.2 Å². The van der Waals surface area contributed by atoms with Crippen molar-refractivity contribution in [2.24, 2.45) is 5.92 Å². The van der Waals surface area contributed by atoms with Gasteiger partial charge in [-0.2, -0.15) is 0 Å². The fourth-order valence-electron chi connectivity index (χ4n) is 2.13.